The summed E-state index contributed by atoms with van der Waals surface area (Å²) >= 11 is 0. The molecule has 3 aromatic rings. The molecule has 1 heterocycles. The minimum Gasteiger partial charge on any atom is -0.326 e. The van der Waals surface area contributed by atoms with Gasteiger partial charge in [-0.25, -0.2) is 0 Å². The summed E-state index contributed by atoms with van der Waals surface area (Å²) in [6.45, 7) is 15.2. The van der Waals surface area contributed by atoms with Gasteiger partial charge in [-0.15, -0.1) is 0 Å². The van der Waals surface area contributed by atoms with Gasteiger partial charge in [0, 0.05) is 23.4 Å². The predicted molar refractivity (Wildman–Crippen MR) is 139 cm³/mol. The molecule has 0 unspecified atom stereocenters. The summed E-state index contributed by atoms with van der Waals surface area (Å²) in [5, 5.41) is 3.16. The number of amides is 1. The van der Waals surface area contributed by atoms with Gasteiger partial charge in [0.15, 0.2) is 0 Å². The lowest BCUT2D eigenvalue weighted by atomic mass is 9.86. The van der Waals surface area contributed by atoms with E-state index in [1.165, 1.54) is 11.1 Å². The number of aryl methyl sites for hydroxylation is 2. The zero-order chi connectivity index (χ0) is 24.3. The van der Waals surface area contributed by atoms with Crippen LogP contribution in [0.1, 0.15) is 73.1 Å². The van der Waals surface area contributed by atoms with Crippen molar-refractivity contribution < 1.29 is 4.79 Å². The van der Waals surface area contributed by atoms with Crippen LogP contribution in [0, 0.1) is 19.8 Å². The van der Waals surface area contributed by atoms with E-state index in [2.05, 4.69) is 71.1 Å². The second-order valence-corrected chi connectivity index (χ2v) is 10.3. The maximum Gasteiger partial charge on any atom is 0.255 e. The number of pyridine rings is 1. The average Bonchev–Trinajstić information content (AvgIpc) is 2.75. The van der Waals surface area contributed by atoms with Gasteiger partial charge in [0.05, 0.1) is 11.4 Å². The van der Waals surface area contributed by atoms with Crippen molar-refractivity contribution in [3.8, 4) is 11.1 Å². The van der Waals surface area contributed by atoms with Gasteiger partial charge in [-0.3, -0.25) is 9.78 Å². The number of nitrogens with zero attached hydrogens (tertiary/aromatic N) is 1. The Morgan fingerprint density at radius 1 is 1.00 bits per heavy atom. The molecular weight excluding hydrogens is 406 g/mol. The van der Waals surface area contributed by atoms with Gasteiger partial charge >= 0.3 is 0 Å². The number of hydrogen-bond acceptors (Lipinski definition) is 3. The summed E-state index contributed by atoms with van der Waals surface area (Å²) in [5.74, 6) is 0.308. The molecule has 174 valence electrons. The summed E-state index contributed by atoms with van der Waals surface area (Å²) in [5.41, 5.74) is 14.9. The van der Waals surface area contributed by atoms with Gasteiger partial charge in [-0.2, -0.15) is 0 Å². The van der Waals surface area contributed by atoms with E-state index in [1.807, 2.05) is 31.2 Å². The molecule has 4 heteroatoms. The highest BCUT2D eigenvalue weighted by Gasteiger charge is 2.21. The van der Waals surface area contributed by atoms with Crippen LogP contribution in [0.15, 0.2) is 48.5 Å². The van der Waals surface area contributed by atoms with Gasteiger partial charge < -0.3 is 11.1 Å². The third-order valence-corrected chi connectivity index (χ3v) is 5.96. The molecule has 2 aromatic carbocycles. The number of benzene rings is 2. The molecule has 0 fully saturated rings. The van der Waals surface area contributed by atoms with Gasteiger partial charge in [-0.05, 0) is 60.4 Å². The second kappa shape index (κ2) is 9.88. The Hall–Kier alpha value is -2.98. The van der Waals surface area contributed by atoms with Crippen molar-refractivity contribution in [3.05, 3.63) is 82.2 Å². The summed E-state index contributed by atoms with van der Waals surface area (Å²) in [7, 11) is 0. The van der Waals surface area contributed by atoms with E-state index in [0.29, 0.717) is 18.0 Å². The fourth-order valence-corrected chi connectivity index (χ4v) is 4.08. The van der Waals surface area contributed by atoms with Crippen LogP contribution in [-0.4, -0.2) is 10.9 Å². The Balaban J connectivity index is 2.10. The zero-order valence-electron chi connectivity index (χ0n) is 21.0. The molecule has 0 bridgehead atoms. The number of anilines is 1. The number of nitrogens with one attached hydrogen (secondary N) is 1. The van der Waals surface area contributed by atoms with Crippen LogP contribution in [0.5, 0.6) is 0 Å². The van der Waals surface area contributed by atoms with Crippen molar-refractivity contribution in [2.24, 2.45) is 11.7 Å². The minimum atomic E-state index is -0.145. The van der Waals surface area contributed by atoms with Gasteiger partial charge in [-0.1, -0.05) is 76.6 Å². The predicted octanol–water partition coefficient (Wildman–Crippen LogP) is 6.57. The highest BCUT2D eigenvalue weighted by atomic mass is 16.1. The molecule has 1 amide bonds. The highest BCUT2D eigenvalue weighted by molar-refractivity contribution is 6.07. The van der Waals surface area contributed by atoms with Crippen LogP contribution in [0.3, 0.4) is 0 Å². The van der Waals surface area contributed by atoms with E-state index in [1.54, 1.807) is 0 Å². The van der Waals surface area contributed by atoms with Crippen molar-refractivity contribution in [1.29, 1.82) is 0 Å². The minimum absolute atomic E-state index is 0.0381. The van der Waals surface area contributed by atoms with Gasteiger partial charge in [0.25, 0.3) is 5.91 Å². The number of aromatic nitrogens is 1. The Morgan fingerprint density at radius 3 is 2.12 bits per heavy atom. The number of carbonyl (C=O) groups is 1. The second-order valence-electron chi connectivity index (χ2n) is 10.3. The third-order valence-electron chi connectivity index (χ3n) is 5.96. The van der Waals surface area contributed by atoms with Gasteiger partial charge in [0.1, 0.15) is 0 Å². The van der Waals surface area contributed by atoms with Crippen LogP contribution < -0.4 is 11.1 Å². The molecular formula is C29H37N3O. The highest BCUT2D eigenvalue weighted by Crippen LogP contribution is 2.36. The molecule has 0 saturated carbocycles. The summed E-state index contributed by atoms with van der Waals surface area (Å²) in [6, 6.07) is 16.2. The fourth-order valence-electron chi connectivity index (χ4n) is 4.08. The first-order valence-corrected chi connectivity index (χ1v) is 11.7. The molecule has 0 spiro atoms. The monoisotopic (exact) mass is 443 g/mol. The molecule has 0 saturated heterocycles. The topological polar surface area (TPSA) is 68.0 Å². The number of hydrogen-bond donors (Lipinski definition) is 2. The normalized spacial score (nSPS) is 11.7. The SMILES string of the molecule is Cc1ccc(-c2c(CN)c(CC(C)C)nc(C)c2NC(=O)c2ccc(C(C)(C)C)cc2)cc1. The van der Waals surface area contributed by atoms with E-state index < -0.39 is 0 Å². The molecule has 3 N–H and O–H groups in total. The molecule has 0 aliphatic heterocycles. The lowest BCUT2D eigenvalue weighted by Crippen LogP contribution is -2.18. The first-order valence-electron chi connectivity index (χ1n) is 11.7. The number of rotatable bonds is 6. The molecule has 0 aliphatic carbocycles. The number of nitrogens with two attached hydrogens (primary N) is 1. The first kappa shape index (κ1) is 24.7. The van der Waals surface area contributed by atoms with Gasteiger partial charge in [0.2, 0.25) is 0 Å². The Morgan fingerprint density at radius 2 is 1.61 bits per heavy atom. The molecule has 0 aliphatic rings. The van der Waals surface area contributed by atoms with Crippen LogP contribution in [0.4, 0.5) is 5.69 Å². The van der Waals surface area contributed by atoms with Crippen LogP contribution in [0.2, 0.25) is 0 Å². The summed E-state index contributed by atoms with van der Waals surface area (Å²) in [4.78, 5) is 18.1. The molecule has 1 aromatic heterocycles. The lowest BCUT2D eigenvalue weighted by molar-refractivity contribution is 0.102. The largest absolute Gasteiger partial charge is 0.326 e. The maximum atomic E-state index is 13.3. The molecule has 4 nitrogen and oxygen atoms in total. The van der Waals surface area contributed by atoms with Crippen molar-refractivity contribution >= 4 is 11.6 Å². The van der Waals surface area contributed by atoms with Crippen molar-refractivity contribution in [2.45, 2.75) is 66.8 Å². The van der Waals surface area contributed by atoms with E-state index in [4.69, 9.17) is 10.7 Å². The summed E-state index contributed by atoms with van der Waals surface area (Å²) < 4.78 is 0. The van der Waals surface area contributed by atoms with E-state index >= 15 is 0 Å². The summed E-state index contributed by atoms with van der Waals surface area (Å²) in [6.07, 6.45) is 0.842. The molecule has 33 heavy (non-hydrogen) atoms. The standard InChI is InChI=1S/C29H37N3O/c1-18(2)16-25-24(17-30)26(21-10-8-19(3)9-11-21)27(20(4)31-25)32-28(33)22-12-14-23(15-13-22)29(5,6)7/h8-15,18H,16-17,30H2,1-7H3,(H,32,33). The Kier molecular flexibility index (Phi) is 7.38. The number of carbonyl (C=O) groups excluding carboxylic acids is 1. The van der Waals surface area contributed by atoms with E-state index in [-0.39, 0.29) is 11.3 Å². The Labute approximate surface area is 198 Å². The van der Waals surface area contributed by atoms with Crippen molar-refractivity contribution in [2.75, 3.05) is 5.32 Å². The quantitative estimate of drug-likeness (QED) is 0.452. The maximum absolute atomic E-state index is 13.3. The van der Waals surface area contributed by atoms with Crippen molar-refractivity contribution in [3.63, 3.8) is 0 Å². The van der Waals surface area contributed by atoms with E-state index in [9.17, 15) is 4.79 Å². The van der Waals surface area contributed by atoms with Crippen LogP contribution in [-0.2, 0) is 18.4 Å². The fraction of sp³-hybridized carbons (Fsp3) is 0.379. The van der Waals surface area contributed by atoms with Crippen molar-refractivity contribution in [1.82, 2.24) is 4.98 Å². The van der Waals surface area contributed by atoms with Crippen LogP contribution >= 0.6 is 0 Å². The average molecular weight is 444 g/mol. The third kappa shape index (κ3) is 5.69. The Bertz CT molecular complexity index is 1120. The lowest BCUT2D eigenvalue weighted by Gasteiger charge is -2.22. The first-order chi connectivity index (χ1) is 15.5. The molecule has 0 atom stereocenters. The van der Waals surface area contributed by atoms with E-state index in [0.717, 1.165) is 40.2 Å². The van der Waals surface area contributed by atoms with Crippen LogP contribution in [0.25, 0.3) is 11.1 Å². The smallest absolute Gasteiger partial charge is 0.255 e. The molecule has 3 rings (SSSR count). The zero-order valence-corrected chi connectivity index (χ0v) is 21.0. The molecule has 0 radical (unpaired) electrons.